The van der Waals surface area contributed by atoms with Crippen LogP contribution in [0.3, 0.4) is 0 Å². The molecule has 3 rings (SSSR count). The molecule has 0 aliphatic carbocycles. The second-order valence-electron chi connectivity index (χ2n) is 6.16. The van der Waals surface area contributed by atoms with Gasteiger partial charge in [-0.2, -0.15) is 0 Å². The highest BCUT2D eigenvalue weighted by Gasteiger charge is 2.33. The molecular formula is C19H20N2O6. The van der Waals surface area contributed by atoms with Crippen molar-refractivity contribution < 1.29 is 24.6 Å². The third-order valence-electron chi connectivity index (χ3n) is 4.25. The number of phenolic OH excluding ortho intramolecular Hbond substituents is 1. The Morgan fingerprint density at radius 1 is 1.30 bits per heavy atom. The Bertz CT molecular complexity index is 811. The van der Waals surface area contributed by atoms with Gasteiger partial charge in [-0.1, -0.05) is 30.3 Å². The molecule has 2 N–H and O–H groups in total. The number of nitrogens with zero attached hydrogens (tertiary/aromatic N) is 2. The Morgan fingerprint density at radius 3 is 2.81 bits per heavy atom. The Balaban J connectivity index is 1.65. The number of nitro benzene ring substituents is 1. The smallest absolute Gasteiger partial charge is 0.270 e. The minimum absolute atomic E-state index is 0.122. The Morgan fingerprint density at radius 2 is 2.07 bits per heavy atom. The summed E-state index contributed by atoms with van der Waals surface area (Å²) >= 11 is 0. The number of hydrogen-bond donors (Lipinski definition) is 2. The van der Waals surface area contributed by atoms with Gasteiger partial charge in [0, 0.05) is 23.9 Å². The molecule has 0 aromatic heterocycles. The molecule has 142 valence electrons. The number of rotatable bonds is 6. The number of benzene rings is 2. The molecule has 8 heteroatoms. The molecule has 3 atom stereocenters. The summed E-state index contributed by atoms with van der Waals surface area (Å²) in [6.07, 6.45) is -0.00619. The van der Waals surface area contributed by atoms with Crippen LogP contribution in [0.5, 0.6) is 5.75 Å². The summed E-state index contributed by atoms with van der Waals surface area (Å²) in [4.78, 5) is 14.6. The summed E-state index contributed by atoms with van der Waals surface area (Å²) < 4.78 is 11.1. The molecule has 8 nitrogen and oxygen atoms in total. The van der Waals surface area contributed by atoms with E-state index in [2.05, 4.69) is 4.99 Å². The molecule has 2 aromatic rings. The monoisotopic (exact) mass is 372 g/mol. The van der Waals surface area contributed by atoms with Gasteiger partial charge in [0.1, 0.15) is 11.9 Å². The number of phenols is 1. The summed E-state index contributed by atoms with van der Waals surface area (Å²) in [6, 6.07) is 12.7. The van der Waals surface area contributed by atoms with Crippen molar-refractivity contribution in [3.05, 3.63) is 69.8 Å². The Kier molecular flexibility index (Phi) is 6.12. The van der Waals surface area contributed by atoms with Crippen molar-refractivity contribution in [2.24, 2.45) is 4.99 Å². The predicted octanol–water partition coefficient (Wildman–Crippen LogP) is 2.41. The first-order valence-corrected chi connectivity index (χ1v) is 8.50. The lowest BCUT2D eigenvalue weighted by atomic mass is 10.1. The van der Waals surface area contributed by atoms with Gasteiger partial charge < -0.3 is 19.7 Å². The molecule has 0 saturated carbocycles. The Hall–Kier alpha value is -2.81. The van der Waals surface area contributed by atoms with Crippen LogP contribution in [0.25, 0.3) is 0 Å². The minimum atomic E-state index is -0.987. The lowest BCUT2D eigenvalue weighted by molar-refractivity contribution is -0.384. The number of ether oxygens (including phenoxy) is 2. The van der Waals surface area contributed by atoms with Crippen LogP contribution in [-0.2, 0) is 16.1 Å². The number of aromatic hydroxyl groups is 1. The topological polar surface area (TPSA) is 114 Å². The van der Waals surface area contributed by atoms with Crippen molar-refractivity contribution in [2.75, 3.05) is 6.61 Å². The van der Waals surface area contributed by atoms with Gasteiger partial charge in [0.2, 0.25) is 0 Å². The molecule has 2 aromatic carbocycles. The highest BCUT2D eigenvalue weighted by molar-refractivity contribution is 5.84. The summed E-state index contributed by atoms with van der Waals surface area (Å²) in [6.45, 7) is 0.657. The Labute approximate surface area is 155 Å². The van der Waals surface area contributed by atoms with Gasteiger partial charge in [-0.05, 0) is 18.1 Å². The fraction of sp³-hybridized carbons (Fsp3) is 0.316. The number of nitro groups is 1. The van der Waals surface area contributed by atoms with Crippen LogP contribution in [0.15, 0.2) is 53.5 Å². The first-order valence-electron chi connectivity index (χ1n) is 8.50. The van der Waals surface area contributed by atoms with Crippen LogP contribution >= 0.6 is 0 Å². The van der Waals surface area contributed by atoms with Gasteiger partial charge in [-0.3, -0.25) is 15.1 Å². The number of hydrogen-bond acceptors (Lipinski definition) is 7. The van der Waals surface area contributed by atoms with E-state index in [9.17, 15) is 20.3 Å². The first-order chi connectivity index (χ1) is 13.0. The lowest BCUT2D eigenvalue weighted by Crippen LogP contribution is -2.45. The molecule has 0 unspecified atom stereocenters. The zero-order valence-electron chi connectivity index (χ0n) is 14.5. The van der Waals surface area contributed by atoms with Crippen LogP contribution in [0.2, 0.25) is 0 Å². The second-order valence-corrected chi connectivity index (χ2v) is 6.16. The summed E-state index contributed by atoms with van der Waals surface area (Å²) in [5, 5.41) is 31.2. The van der Waals surface area contributed by atoms with E-state index < -0.39 is 23.4 Å². The molecule has 1 saturated heterocycles. The highest BCUT2D eigenvalue weighted by Crippen LogP contribution is 2.23. The molecule has 0 bridgehead atoms. The zero-order valence-corrected chi connectivity index (χ0v) is 14.5. The van der Waals surface area contributed by atoms with Crippen LogP contribution < -0.4 is 0 Å². The van der Waals surface area contributed by atoms with Gasteiger partial charge in [0.15, 0.2) is 6.29 Å². The van der Waals surface area contributed by atoms with E-state index in [0.29, 0.717) is 19.6 Å². The van der Waals surface area contributed by atoms with Crippen molar-refractivity contribution in [1.82, 2.24) is 0 Å². The quantitative estimate of drug-likeness (QED) is 0.457. The minimum Gasteiger partial charge on any atom is -0.507 e. The standard InChI is InChI=1S/C19H20N2O6/c22-17-7-6-15(21(24)25)10-14(17)11-20-16-8-9-26-19(18(16)23)27-12-13-4-2-1-3-5-13/h1-7,10-11,16,18-19,22-23H,8-9,12H2/t16-,18+,19+/m1/s1. The molecule has 27 heavy (non-hydrogen) atoms. The van der Waals surface area contributed by atoms with E-state index >= 15 is 0 Å². The molecule has 0 amide bonds. The first kappa shape index (κ1) is 19.0. The molecule has 0 radical (unpaired) electrons. The number of aliphatic hydroxyl groups excluding tert-OH is 1. The van der Waals surface area contributed by atoms with Crippen LogP contribution in [-0.4, -0.2) is 46.4 Å². The van der Waals surface area contributed by atoms with E-state index in [1.54, 1.807) is 0 Å². The van der Waals surface area contributed by atoms with Gasteiger partial charge >= 0.3 is 0 Å². The molecule has 1 fully saturated rings. The fourth-order valence-corrected chi connectivity index (χ4v) is 2.75. The maximum absolute atomic E-state index is 10.9. The SMILES string of the molecule is O=[N+]([O-])c1ccc(O)c(C=N[C@@H]2CCO[C@@H](OCc3ccccc3)[C@H]2O)c1. The average molecular weight is 372 g/mol. The van der Waals surface area contributed by atoms with Gasteiger partial charge in [-0.15, -0.1) is 0 Å². The van der Waals surface area contributed by atoms with Crippen molar-refractivity contribution in [3.63, 3.8) is 0 Å². The number of aliphatic hydroxyl groups is 1. The maximum Gasteiger partial charge on any atom is 0.270 e. The van der Waals surface area contributed by atoms with Gasteiger partial charge in [0.05, 0.1) is 24.2 Å². The summed E-state index contributed by atoms with van der Waals surface area (Å²) in [5.74, 6) is -0.122. The van der Waals surface area contributed by atoms with E-state index in [1.165, 1.54) is 24.4 Å². The zero-order chi connectivity index (χ0) is 19.2. The van der Waals surface area contributed by atoms with Crippen molar-refractivity contribution in [3.8, 4) is 5.75 Å². The molecule has 1 aliphatic rings. The number of non-ortho nitro benzene ring substituents is 1. The van der Waals surface area contributed by atoms with Gasteiger partial charge in [0.25, 0.3) is 5.69 Å². The largest absolute Gasteiger partial charge is 0.507 e. The average Bonchev–Trinajstić information content (AvgIpc) is 2.68. The van der Waals surface area contributed by atoms with Crippen LogP contribution in [0.4, 0.5) is 5.69 Å². The van der Waals surface area contributed by atoms with E-state index in [-0.39, 0.29) is 17.0 Å². The fourth-order valence-electron chi connectivity index (χ4n) is 2.75. The second kappa shape index (κ2) is 8.72. The third kappa shape index (κ3) is 4.88. The van der Waals surface area contributed by atoms with Crippen LogP contribution in [0.1, 0.15) is 17.5 Å². The van der Waals surface area contributed by atoms with Crippen molar-refractivity contribution in [2.45, 2.75) is 31.5 Å². The van der Waals surface area contributed by atoms with Gasteiger partial charge in [-0.25, -0.2) is 0 Å². The summed E-state index contributed by atoms with van der Waals surface area (Å²) in [5.41, 5.74) is 1.02. The molecule has 1 heterocycles. The van der Waals surface area contributed by atoms with E-state index in [4.69, 9.17) is 9.47 Å². The number of aliphatic imine (C=N–C) groups is 1. The lowest BCUT2D eigenvalue weighted by Gasteiger charge is -2.32. The molecule has 0 spiro atoms. The predicted molar refractivity (Wildman–Crippen MR) is 97.7 cm³/mol. The summed E-state index contributed by atoms with van der Waals surface area (Å²) in [7, 11) is 0. The van der Waals surface area contributed by atoms with E-state index in [0.717, 1.165) is 5.56 Å². The maximum atomic E-state index is 10.9. The van der Waals surface area contributed by atoms with Crippen LogP contribution in [0, 0.1) is 10.1 Å². The highest BCUT2D eigenvalue weighted by atomic mass is 16.7. The molecule has 1 aliphatic heterocycles. The third-order valence-corrected chi connectivity index (χ3v) is 4.25. The van der Waals surface area contributed by atoms with E-state index in [1.807, 2.05) is 30.3 Å². The van der Waals surface area contributed by atoms with Crippen molar-refractivity contribution >= 4 is 11.9 Å². The van der Waals surface area contributed by atoms with Crippen molar-refractivity contribution in [1.29, 1.82) is 0 Å². The normalized spacial score (nSPS) is 22.8. The molecular weight excluding hydrogens is 352 g/mol.